The van der Waals surface area contributed by atoms with Gasteiger partial charge in [-0.15, -0.1) is 10.2 Å². The van der Waals surface area contributed by atoms with Gasteiger partial charge in [0.1, 0.15) is 23.0 Å². The van der Waals surface area contributed by atoms with Gasteiger partial charge in [0.2, 0.25) is 10.3 Å². The molecule has 8 rings (SSSR count). The zero-order chi connectivity index (χ0) is 34.2. The Kier molecular flexibility index (Phi) is 8.22. The van der Waals surface area contributed by atoms with Crippen molar-refractivity contribution in [3.8, 4) is 45.8 Å². The van der Waals surface area contributed by atoms with Crippen molar-refractivity contribution in [3.05, 3.63) is 84.7 Å². The molecule has 250 valence electrons. The number of nitrogens with one attached hydrogen (secondary N) is 3. The molecule has 0 amide bonds. The smallest absolute Gasteiger partial charge is 0.365 e. The molecular formula is C34H26N8O6S2. The number of furan rings is 2. The van der Waals surface area contributed by atoms with E-state index in [1.807, 2.05) is 55.7 Å². The molecule has 16 heteroatoms. The number of carbonyl (C=O) groups excluding carboxylic acids is 2. The molecule has 0 atom stereocenters. The number of rotatable bonds is 10. The van der Waals surface area contributed by atoms with E-state index in [1.165, 1.54) is 5.69 Å². The fraction of sp³-hybridized carbons (Fsp3) is 0.118. The Labute approximate surface area is 290 Å². The summed E-state index contributed by atoms with van der Waals surface area (Å²) in [6, 6.07) is 23.5. The summed E-state index contributed by atoms with van der Waals surface area (Å²) in [4.78, 5) is 45.7. The van der Waals surface area contributed by atoms with Gasteiger partial charge < -0.3 is 18.4 Å². The van der Waals surface area contributed by atoms with Crippen LogP contribution >= 0.6 is 23.5 Å². The van der Waals surface area contributed by atoms with Crippen molar-refractivity contribution in [1.29, 1.82) is 0 Å². The highest BCUT2D eigenvalue weighted by atomic mass is 32.2. The third-order valence-electron chi connectivity index (χ3n) is 7.90. The maximum absolute atomic E-state index is 12.2. The lowest BCUT2D eigenvalue weighted by Crippen LogP contribution is -2.14. The van der Waals surface area contributed by atoms with Crippen LogP contribution in [0.1, 0.15) is 5.69 Å². The normalized spacial score (nSPS) is 11.5. The van der Waals surface area contributed by atoms with Gasteiger partial charge in [-0.3, -0.25) is 10.2 Å². The molecule has 0 radical (unpaired) electrons. The number of benzene rings is 2. The number of H-pyrrole nitrogens is 3. The van der Waals surface area contributed by atoms with Crippen molar-refractivity contribution in [3.63, 3.8) is 0 Å². The van der Waals surface area contributed by atoms with Gasteiger partial charge in [-0.25, -0.2) is 19.4 Å². The minimum atomic E-state index is -0.782. The molecule has 6 aromatic heterocycles. The van der Waals surface area contributed by atoms with Crippen LogP contribution in [-0.4, -0.2) is 63.4 Å². The van der Waals surface area contributed by atoms with Crippen LogP contribution in [0.3, 0.4) is 0 Å². The fourth-order valence-electron chi connectivity index (χ4n) is 5.40. The third-order valence-corrected chi connectivity index (χ3v) is 9.54. The van der Waals surface area contributed by atoms with E-state index in [4.69, 9.17) is 8.83 Å². The Morgan fingerprint density at radius 1 is 0.780 bits per heavy atom. The van der Waals surface area contributed by atoms with Crippen molar-refractivity contribution in [2.45, 2.75) is 17.2 Å². The molecule has 50 heavy (non-hydrogen) atoms. The first-order chi connectivity index (χ1) is 24.4. The molecule has 0 aliphatic carbocycles. The second-order valence-electron chi connectivity index (χ2n) is 11.1. The van der Waals surface area contributed by atoms with Crippen LogP contribution in [0.2, 0.25) is 0 Å². The molecule has 8 aromatic rings. The van der Waals surface area contributed by atoms with Gasteiger partial charge in [-0.1, -0.05) is 35.7 Å². The second-order valence-corrected chi connectivity index (χ2v) is 13.0. The molecule has 2 aromatic carbocycles. The molecule has 0 aliphatic heterocycles. The molecule has 0 bridgehead atoms. The van der Waals surface area contributed by atoms with Gasteiger partial charge in [-0.2, -0.15) is 9.97 Å². The Hall–Kier alpha value is -6.00. The standard InChI is InChI=1S/C34H26N8O6S2/c1-18-14-20-15-19(6-7-24(20)42(18)2)25-8-10-27(45-25)31-36-33(40-38-31)49-16-29(43)47-48-30(44)17-50-34-37-32(39-41-34)28-11-9-26(46-28)22-4-3-5-23-21(22)12-13-35-23/h3-15,35H,16-17H2,1-2H3,(H,36,38,40)(H,37,39,41). The summed E-state index contributed by atoms with van der Waals surface area (Å²) >= 11 is 2.02. The van der Waals surface area contributed by atoms with Gasteiger partial charge in [0.25, 0.3) is 0 Å². The van der Waals surface area contributed by atoms with Crippen LogP contribution < -0.4 is 0 Å². The summed E-state index contributed by atoms with van der Waals surface area (Å²) in [6.45, 7) is 2.07. The van der Waals surface area contributed by atoms with Crippen molar-refractivity contribution in [2.75, 3.05) is 11.5 Å². The minimum absolute atomic E-state index is 0.189. The van der Waals surface area contributed by atoms with E-state index in [0.717, 1.165) is 56.5 Å². The van der Waals surface area contributed by atoms with E-state index in [2.05, 4.69) is 74.8 Å². The molecular weight excluding hydrogens is 681 g/mol. The largest absolute Gasteiger partial charge is 0.453 e. The average Bonchev–Trinajstić information content (AvgIpc) is 3.97. The van der Waals surface area contributed by atoms with Crippen molar-refractivity contribution in [2.24, 2.45) is 7.05 Å². The number of hydrogen-bond donors (Lipinski definition) is 3. The molecule has 3 N–H and O–H groups in total. The predicted octanol–water partition coefficient (Wildman–Crippen LogP) is 6.94. The predicted molar refractivity (Wildman–Crippen MR) is 186 cm³/mol. The number of fused-ring (bicyclic) bond motifs is 2. The summed E-state index contributed by atoms with van der Waals surface area (Å²) in [6.07, 6.45) is 1.88. The third kappa shape index (κ3) is 6.28. The summed E-state index contributed by atoms with van der Waals surface area (Å²) in [5, 5.41) is 16.6. The van der Waals surface area contributed by atoms with Crippen LogP contribution in [0, 0.1) is 6.92 Å². The van der Waals surface area contributed by atoms with Crippen LogP contribution in [0.5, 0.6) is 0 Å². The maximum Gasteiger partial charge on any atom is 0.365 e. The monoisotopic (exact) mass is 706 g/mol. The first kappa shape index (κ1) is 31.3. The molecule has 0 unspecified atom stereocenters. The van der Waals surface area contributed by atoms with Gasteiger partial charge in [0.15, 0.2) is 23.2 Å². The summed E-state index contributed by atoms with van der Waals surface area (Å²) in [5.41, 5.74) is 5.21. The first-order valence-corrected chi connectivity index (χ1v) is 17.2. The summed E-state index contributed by atoms with van der Waals surface area (Å²) < 4.78 is 14.2. The van der Waals surface area contributed by atoms with E-state index in [0.29, 0.717) is 45.0 Å². The van der Waals surface area contributed by atoms with Crippen molar-refractivity contribution < 1.29 is 28.2 Å². The Balaban J connectivity index is 0.793. The number of nitrogens with zero attached hydrogens (tertiary/aromatic N) is 5. The Bertz CT molecular complexity index is 2500. The Morgan fingerprint density at radius 3 is 2.12 bits per heavy atom. The topological polar surface area (TPSA) is 183 Å². The van der Waals surface area contributed by atoms with Gasteiger partial charge in [-0.05, 0) is 67.6 Å². The van der Waals surface area contributed by atoms with E-state index in [9.17, 15) is 9.59 Å². The molecule has 0 saturated heterocycles. The van der Waals surface area contributed by atoms with Gasteiger partial charge in [0, 0.05) is 51.9 Å². The number of hydrogen-bond acceptors (Lipinski definition) is 12. The number of aromatic amines is 3. The Morgan fingerprint density at radius 2 is 1.42 bits per heavy atom. The highest BCUT2D eigenvalue weighted by molar-refractivity contribution is 8.00. The maximum atomic E-state index is 12.2. The lowest BCUT2D eigenvalue weighted by molar-refractivity contribution is -0.254. The number of carbonyl (C=O) groups is 2. The highest BCUT2D eigenvalue weighted by Crippen LogP contribution is 2.33. The van der Waals surface area contributed by atoms with E-state index in [1.54, 1.807) is 12.1 Å². The van der Waals surface area contributed by atoms with E-state index in [-0.39, 0.29) is 11.5 Å². The van der Waals surface area contributed by atoms with Crippen LogP contribution in [0.15, 0.2) is 98.1 Å². The first-order valence-electron chi connectivity index (χ1n) is 15.2. The number of aryl methyl sites for hydroxylation is 2. The molecule has 6 heterocycles. The summed E-state index contributed by atoms with van der Waals surface area (Å²) in [7, 11) is 2.04. The van der Waals surface area contributed by atoms with Crippen molar-refractivity contribution in [1.82, 2.24) is 39.9 Å². The minimum Gasteiger partial charge on any atom is -0.453 e. The van der Waals surface area contributed by atoms with Crippen LogP contribution in [0.25, 0.3) is 67.6 Å². The molecule has 0 saturated carbocycles. The zero-order valence-corrected chi connectivity index (χ0v) is 28.1. The second kappa shape index (κ2) is 13.1. The van der Waals surface area contributed by atoms with E-state index < -0.39 is 11.9 Å². The number of thioether (sulfide) groups is 2. The van der Waals surface area contributed by atoms with E-state index >= 15 is 0 Å². The SMILES string of the molecule is Cc1cc2cc(-c3ccc(-c4nc(SCC(=O)OOC(=O)CSc5n[nH]c(-c6ccc(-c7cccc8[nH]ccc78)o6)n5)n[nH]4)o3)ccc2n1C. The summed E-state index contributed by atoms with van der Waals surface area (Å²) in [5.74, 6) is 1.22. The molecule has 0 spiro atoms. The van der Waals surface area contributed by atoms with Gasteiger partial charge >= 0.3 is 11.9 Å². The molecule has 14 nitrogen and oxygen atoms in total. The quantitative estimate of drug-likeness (QED) is 0.0757. The van der Waals surface area contributed by atoms with Gasteiger partial charge in [0.05, 0.1) is 0 Å². The lowest BCUT2D eigenvalue weighted by Gasteiger charge is -2.01. The highest BCUT2D eigenvalue weighted by Gasteiger charge is 2.18. The molecule has 0 fully saturated rings. The fourth-order valence-corrected chi connectivity index (χ4v) is 6.52. The van der Waals surface area contributed by atoms with Crippen LogP contribution in [-0.2, 0) is 26.4 Å². The lowest BCUT2D eigenvalue weighted by atomic mass is 10.1. The van der Waals surface area contributed by atoms with Crippen molar-refractivity contribution >= 4 is 57.3 Å². The average molecular weight is 707 g/mol. The molecule has 0 aliphatic rings. The van der Waals surface area contributed by atoms with Crippen LogP contribution in [0.4, 0.5) is 0 Å². The zero-order valence-electron chi connectivity index (χ0n) is 26.4. The number of aromatic nitrogens is 8.